The third-order valence-electron chi connectivity index (χ3n) is 5.29. The van der Waals surface area contributed by atoms with Gasteiger partial charge in [-0.3, -0.25) is 9.59 Å². The van der Waals surface area contributed by atoms with E-state index in [0.717, 1.165) is 5.56 Å². The highest BCUT2D eigenvalue weighted by Gasteiger charge is 2.36. The number of nitrogens with zero attached hydrogens (tertiary/aromatic N) is 1. The number of benzene rings is 1. The van der Waals surface area contributed by atoms with Crippen LogP contribution in [-0.4, -0.2) is 70.7 Å². The second-order valence-electron chi connectivity index (χ2n) is 11.7. The van der Waals surface area contributed by atoms with Crippen molar-refractivity contribution in [2.45, 2.75) is 85.6 Å². The van der Waals surface area contributed by atoms with Crippen molar-refractivity contribution >= 4 is 29.5 Å². The van der Waals surface area contributed by atoms with Gasteiger partial charge in [0.2, 0.25) is 11.8 Å². The fourth-order valence-electron chi connectivity index (χ4n) is 3.64. The van der Waals surface area contributed by atoms with Gasteiger partial charge >= 0.3 is 6.09 Å². The predicted molar refractivity (Wildman–Crippen MR) is 143 cm³/mol. The lowest BCUT2D eigenvalue weighted by Crippen LogP contribution is -2.59. The third kappa shape index (κ3) is 11.6. The normalized spacial score (nSPS) is 14.5. The van der Waals surface area contributed by atoms with Gasteiger partial charge in [-0.15, -0.1) is 11.6 Å². The molecule has 1 aromatic rings. The van der Waals surface area contributed by atoms with E-state index in [9.17, 15) is 19.5 Å². The molecule has 8 nitrogen and oxygen atoms in total. The van der Waals surface area contributed by atoms with Crippen LogP contribution >= 0.6 is 11.6 Å². The zero-order valence-electron chi connectivity index (χ0n) is 22.9. The lowest BCUT2D eigenvalue weighted by Gasteiger charge is -2.35. The number of nitrogens with one attached hydrogen (secondary N) is 2. The van der Waals surface area contributed by atoms with Crippen LogP contribution < -0.4 is 10.6 Å². The standard InChI is InChI=1S/C27H44ClN3O5/c1-18(2)16-31(25(35)36-27(6,7)8)17-21(32)20(14-19-12-10-9-11-13-19)29-24(34)23(26(3,4)5)30-22(33)15-28/h9-13,18,20-21,23,32H,14-17H2,1-8H3,(H,29,34)(H,30,33)/t20-,21+,23+/m0/s1. The van der Waals surface area contributed by atoms with Crippen LogP contribution in [0.3, 0.4) is 0 Å². The van der Waals surface area contributed by atoms with Crippen molar-refractivity contribution in [2.24, 2.45) is 11.3 Å². The summed E-state index contributed by atoms with van der Waals surface area (Å²) in [5.74, 6) is -1.02. The Bertz CT molecular complexity index is 849. The lowest BCUT2D eigenvalue weighted by atomic mass is 9.85. The summed E-state index contributed by atoms with van der Waals surface area (Å²) in [4.78, 5) is 39.7. The van der Waals surface area contributed by atoms with E-state index in [2.05, 4.69) is 10.6 Å². The topological polar surface area (TPSA) is 108 Å². The van der Waals surface area contributed by atoms with Gasteiger partial charge in [-0.05, 0) is 44.1 Å². The summed E-state index contributed by atoms with van der Waals surface area (Å²) < 4.78 is 5.55. The Morgan fingerprint density at radius 2 is 1.58 bits per heavy atom. The first kappa shape index (κ1) is 31.7. The van der Waals surface area contributed by atoms with Gasteiger partial charge in [0.25, 0.3) is 0 Å². The lowest BCUT2D eigenvalue weighted by molar-refractivity contribution is -0.131. The fourth-order valence-corrected chi connectivity index (χ4v) is 3.71. The molecule has 3 amide bonds. The van der Waals surface area contributed by atoms with Crippen molar-refractivity contribution in [3.05, 3.63) is 35.9 Å². The van der Waals surface area contributed by atoms with E-state index in [4.69, 9.17) is 16.3 Å². The van der Waals surface area contributed by atoms with Gasteiger partial charge in [0.15, 0.2) is 0 Å². The number of carbonyl (C=O) groups excluding carboxylic acids is 3. The maximum atomic E-state index is 13.3. The van der Waals surface area contributed by atoms with E-state index >= 15 is 0 Å². The second-order valence-corrected chi connectivity index (χ2v) is 11.9. The molecule has 0 fully saturated rings. The summed E-state index contributed by atoms with van der Waals surface area (Å²) in [6.07, 6.45) is -1.29. The summed E-state index contributed by atoms with van der Waals surface area (Å²) in [6, 6.07) is 7.86. The van der Waals surface area contributed by atoms with Gasteiger partial charge in [0.1, 0.15) is 17.5 Å². The van der Waals surface area contributed by atoms with Crippen LogP contribution in [0.4, 0.5) is 4.79 Å². The molecular formula is C27H44ClN3O5. The number of amides is 3. The van der Waals surface area contributed by atoms with Gasteiger partial charge < -0.3 is 25.4 Å². The smallest absolute Gasteiger partial charge is 0.410 e. The van der Waals surface area contributed by atoms with E-state index in [0.29, 0.717) is 13.0 Å². The molecule has 204 valence electrons. The van der Waals surface area contributed by atoms with Crippen molar-refractivity contribution < 1.29 is 24.2 Å². The number of aliphatic hydroxyl groups is 1. The molecule has 3 atom stereocenters. The minimum atomic E-state index is -1.09. The summed E-state index contributed by atoms with van der Waals surface area (Å²) in [7, 11) is 0. The van der Waals surface area contributed by atoms with Crippen molar-refractivity contribution in [1.82, 2.24) is 15.5 Å². The second kappa shape index (κ2) is 13.8. The SMILES string of the molecule is CC(C)CN(C[C@@H](O)[C@H](Cc1ccccc1)NC(=O)[C@@H](NC(=O)CCl)C(C)(C)C)C(=O)OC(C)(C)C. The monoisotopic (exact) mass is 525 g/mol. The minimum absolute atomic E-state index is 0.0287. The molecule has 0 saturated heterocycles. The van der Waals surface area contributed by atoms with Crippen LogP contribution in [0.5, 0.6) is 0 Å². The molecule has 0 saturated carbocycles. The van der Waals surface area contributed by atoms with E-state index in [1.807, 2.05) is 65.0 Å². The molecule has 0 aliphatic heterocycles. The van der Waals surface area contributed by atoms with E-state index in [1.54, 1.807) is 20.8 Å². The van der Waals surface area contributed by atoms with Crippen molar-refractivity contribution in [1.29, 1.82) is 0 Å². The highest BCUT2D eigenvalue weighted by Crippen LogP contribution is 2.21. The summed E-state index contributed by atoms with van der Waals surface area (Å²) in [5.41, 5.74) is -0.379. The van der Waals surface area contributed by atoms with Crippen LogP contribution in [0.25, 0.3) is 0 Å². The Balaban J connectivity index is 3.21. The Morgan fingerprint density at radius 3 is 2.06 bits per heavy atom. The summed E-state index contributed by atoms with van der Waals surface area (Å²) >= 11 is 5.66. The summed E-state index contributed by atoms with van der Waals surface area (Å²) in [6.45, 7) is 15.2. The summed E-state index contributed by atoms with van der Waals surface area (Å²) in [5, 5.41) is 16.9. The third-order valence-corrected chi connectivity index (χ3v) is 5.53. The molecular weight excluding hydrogens is 482 g/mol. The van der Waals surface area contributed by atoms with Crippen LogP contribution in [0, 0.1) is 11.3 Å². The average molecular weight is 526 g/mol. The fraction of sp³-hybridized carbons (Fsp3) is 0.667. The maximum Gasteiger partial charge on any atom is 0.410 e. The molecule has 1 aromatic carbocycles. The van der Waals surface area contributed by atoms with Gasteiger partial charge in [0.05, 0.1) is 18.7 Å². The molecule has 3 N–H and O–H groups in total. The number of alkyl halides is 1. The first-order valence-electron chi connectivity index (χ1n) is 12.4. The van der Waals surface area contributed by atoms with Crippen LogP contribution in [0.2, 0.25) is 0 Å². The van der Waals surface area contributed by atoms with Crippen molar-refractivity contribution in [2.75, 3.05) is 19.0 Å². The molecule has 0 aromatic heterocycles. The van der Waals surface area contributed by atoms with Gasteiger partial charge in [0, 0.05) is 6.54 Å². The largest absolute Gasteiger partial charge is 0.444 e. The Hall–Kier alpha value is -2.32. The minimum Gasteiger partial charge on any atom is -0.444 e. The van der Waals surface area contributed by atoms with Crippen molar-refractivity contribution in [3.63, 3.8) is 0 Å². The Labute approximate surface area is 221 Å². The van der Waals surface area contributed by atoms with E-state index in [1.165, 1.54) is 4.90 Å². The van der Waals surface area contributed by atoms with Crippen LogP contribution in [-0.2, 0) is 20.7 Å². The number of aliphatic hydroxyl groups excluding tert-OH is 1. The zero-order chi connectivity index (χ0) is 27.7. The van der Waals surface area contributed by atoms with E-state index in [-0.39, 0.29) is 18.3 Å². The van der Waals surface area contributed by atoms with E-state index < -0.39 is 47.1 Å². The first-order valence-corrected chi connectivity index (χ1v) is 12.9. The highest BCUT2D eigenvalue weighted by molar-refractivity contribution is 6.27. The number of ether oxygens (including phenoxy) is 1. The molecule has 0 spiro atoms. The van der Waals surface area contributed by atoms with Gasteiger partial charge in [-0.2, -0.15) is 0 Å². The van der Waals surface area contributed by atoms with Gasteiger partial charge in [-0.1, -0.05) is 65.0 Å². The van der Waals surface area contributed by atoms with Crippen LogP contribution in [0.15, 0.2) is 30.3 Å². The number of carbonyl (C=O) groups is 3. The molecule has 0 aliphatic carbocycles. The molecule has 0 bridgehead atoms. The predicted octanol–water partition coefficient (Wildman–Crippen LogP) is 3.74. The molecule has 0 heterocycles. The number of halogens is 1. The zero-order valence-corrected chi connectivity index (χ0v) is 23.7. The molecule has 0 aliphatic rings. The molecule has 36 heavy (non-hydrogen) atoms. The van der Waals surface area contributed by atoms with Crippen molar-refractivity contribution in [3.8, 4) is 0 Å². The maximum absolute atomic E-state index is 13.3. The number of rotatable bonds is 11. The number of hydrogen-bond acceptors (Lipinski definition) is 5. The van der Waals surface area contributed by atoms with Gasteiger partial charge in [-0.25, -0.2) is 4.79 Å². The molecule has 1 rings (SSSR count). The highest BCUT2D eigenvalue weighted by atomic mass is 35.5. The molecule has 0 radical (unpaired) electrons. The number of hydrogen-bond donors (Lipinski definition) is 3. The Kier molecular flexibility index (Phi) is 12.2. The quantitative estimate of drug-likeness (QED) is 0.381. The first-order chi connectivity index (χ1) is 16.5. The molecule has 0 unspecified atom stereocenters. The van der Waals surface area contributed by atoms with Crippen LogP contribution in [0.1, 0.15) is 61.0 Å². The Morgan fingerprint density at radius 1 is 1.00 bits per heavy atom. The average Bonchev–Trinajstić information content (AvgIpc) is 2.74. The molecule has 9 heteroatoms.